The molecule has 1 N–H and O–H groups in total. The van der Waals surface area contributed by atoms with Crippen molar-refractivity contribution in [3.63, 3.8) is 0 Å². The predicted octanol–water partition coefficient (Wildman–Crippen LogP) is 4.31. The lowest BCUT2D eigenvalue weighted by Crippen LogP contribution is -2.47. The standard InChI is InChI=1S/C21H24ClFN2O2/c1-3-4-20(26)25(14-17-7-11-19(23)12-8-17)15(2)21(27)24-13-16-5-9-18(22)10-6-16/h5-12,15H,3-4,13-14H2,1-2H3,(H,24,27). The highest BCUT2D eigenvalue weighted by Crippen LogP contribution is 2.13. The molecule has 144 valence electrons. The maximum atomic E-state index is 13.1. The Balaban J connectivity index is 2.05. The summed E-state index contributed by atoms with van der Waals surface area (Å²) < 4.78 is 13.1. The van der Waals surface area contributed by atoms with Crippen molar-refractivity contribution in [2.75, 3.05) is 0 Å². The van der Waals surface area contributed by atoms with Gasteiger partial charge in [-0.2, -0.15) is 0 Å². The monoisotopic (exact) mass is 390 g/mol. The van der Waals surface area contributed by atoms with E-state index in [1.54, 1.807) is 31.2 Å². The third kappa shape index (κ3) is 6.36. The first kappa shape index (κ1) is 20.9. The number of benzene rings is 2. The highest BCUT2D eigenvalue weighted by atomic mass is 35.5. The van der Waals surface area contributed by atoms with E-state index in [9.17, 15) is 14.0 Å². The summed E-state index contributed by atoms with van der Waals surface area (Å²) in [6.07, 6.45) is 1.05. The van der Waals surface area contributed by atoms with Crippen LogP contribution in [0, 0.1) is 5.82 Å². The van der Waals surface area contributed by atoms with E-state index in [2.05, 4.69) is 5.32 Å². The van der Waals surface area contributed by atoms with Crippen molar-refractivity contribution in [2.45, 2.75) is 45.8 Å². The van der Waals surface area contributed by atoms with Crippen molar-refractivity contribution in [3.05, 3.63) is 70.5 Å². The molecule has 4 nitrogen and oxygen atoms in total. The molecule has 0 aromatic heterocycles. The molecule has 1 unspecified atom stereocenters. The van der Waals surface area contributed by atoms with Gasteiger partial charge in [-0.15, -0.1) is 0 Å². The Labute approximate surface area is 164 Å². The number of carbonyl (C=O) groups excluding carboxylic acids is 2. The number of nitrogens with one attached hydrogen (secondary N) is 1. The quantitative estimate of drug-likeness (QED) is 0.730. The predicted molar refractivity (Wildman–Crippen MR) is 105 cm³/mol. The molecule has 0 bridgehead atoms. The molecule has 2 amide bonds. The molecule has 1 atom stereocenters. The van der Waals surface area contributed by atoms with Crippen LogP contribution in [0.3, 0.4) is 0 Å². The van der Waals surface area contributed by atoms with Crippen molar-refractivity contribution in [1.29, 1.82) is 0 Å². The number of carbonyl (C=O) groups is 2. The van der Waals surface area contributed by atoms with Gasteiger partial charge in [-0.25, -0.2) is 4.39 Å². The lowest BCUT2D eigenvalue weighted by Gasteiger charge is -2.28. The van der Waals surface area contributed by atoms with Crippen molar-refractivity contribution in [2.24, 2.45) is 0 Å². The topological polar surface area (TPSA) is 49.4 Å². The molecule has 0 saturated carbocycles. The summed E-state index contributed by atoms with van der Waals surface area (Å²) in [4.78, 5) is 26.7. The van der Waals surface area contributed by atoms with Gasteiger partial charge in [0, 0.05) is 24.5 Å². The third-order valence-corrected chi connectivity index (χ3v) is 4.53. The van der Waals surface area contributed by atoms with E-state index < -0.39 is 6.04 Å². The Hall–Kier alpha value is -2.40. The van der Waals surface area contributed by atoms with Crippen molar-refractivity contribution >= 4 is 23.4 Å². The maximum Gasteiger partial charge on any atom is 0.242 e. The Kier molecular flexibility index (Phi) is 7.80. The first-order valence-corrected chi connectivity index (χ1v) is 9.34. The van der Waals surface area contributed by atoms with Gasteiger partial charge in [0.05, 0.1) is 0 Å². The molecule has 6 heteroatoms. The Bertz CT molecular complexity index is 763. The number of hydrogen-bond acceptors (Lipinski definition) is 2. The van der Waals surface area contributed by atoms with E-state index in [1.165, 1.54) is 17.0 Å². The van der Waals surface area contributed by atoms with Gasteiger partial charge in [0.15, 0.2) is 0 Å². The molecule has 27 heavy (non-hydrogen) atoms. The molecule has 0 radical (unpaired) electrons. The number of rotatable bonds is 8. The Morgan fingerprint density at radius 1 is 1.07 bits per heavy atom. The van der Waals surface area contributed by atoms with Gasteiger partial charge in [0.25, 0.3) is 0 Å². The van der Waals surface area contributed by atoms with Crippen molar-refractivity contribution < 1.29 is 14.0 Å². The average molecular weight is 391 g/mol. The second kappa shape index (κ2) is 10.1. The maximum absolute atomic E-state index is 13.1. The minimum absolute atomic E-state index is 0.101. The third-order valence-electron chi connectivity index (χ3n) is 4.28. The normalized spacial score (nSPS) is 11.7. The average Bonchev–Trinajstić information content (AvgIpc) is 2.66. The molecule has 2 aromatic rings. The zero-order chi connectivity index (χ0) is 19.8. The smallest absolute Gasteiger partial charge is 0.242 e. The molecule has 0 spiro atoms. The van der Waals surface area contributed by atoms with Gasteiger partial charge in [-0.1, -0.05) is 42.8 Å². The van der Waals surface area contributed by atoms with E-state index in [1.807, 2.05) is 19.1 Å². The lowest BCUT2D eigenvalue weighted by molar-refractivity contribution is -0.140. The fourth-order valence-corrected chi connectivity index (χ4v) is 2.79. The van der Waals surface area contributed by atoms with Crippen LogP contribution in [0.4, 0.5) is 4.39 Å². The molecular weight excluding hydrogens is 367 g/mol. The van der Waals surface area contributed by atoms with Gasteiger partial charge >= 0.3 is 0 Å². The van der Waals surface area contributed by atoms with Gasteiger partial charge in [-0.3, -0.25) is 9.59 Å². The number of amides is 2. The minimum atomic E-state index is -0.638. The summed E-state index contributed by atoms with van der Waals surface area (Å²) in [5.41, 5.74) is 1.70. The van der Waals surface area contributed by atoms with Crippen molar-refractivity contribution in [1.82, 2.24) is 10.2 Å². The minimum Gasteiger partial charge on any atom is -0.350 e. The second-order valence-electron chi connectivity index (χ2n) is 6.42. The van der Waals surface area contributed by atoms with E-state index in [4.69, 9.17) is 11.6 Å². The molecule has 0 heterocycles. The van der Waals surface area contributed by atoms with Gasteiger partial charge in [0.2, 0.25) is 11.8 Å². The van der Waals surface area contributed by atoms with Crippen LogP contribution >= 0.6 is 11.6 Å². The van der Waals surface area contributed by atoms with Crippen LogP contribution in [-0.4, -0.2) is 22.8 Å². The van der Waals surface area contributed by atoms with Crippen LogP contribution in [0.1, 0.15) is 37.8 Å². The lowest BCUT2D eigenvalue weighted by atomic mass is 10.1. The molecular formula is C21H24ClFN2O2. The summed E-state index contributed by atoms with van der Waals surface area (Å²) in [5, 5.41) is 3.49. The molecule has 0 saturated heterocycles. The molecule has 0 aliphatic carbocycles. The van der Waals surface area contributed by atoms with Crippen LogP contribution in [0.5, 0.6) is 0 Å². The van der Waals surface area contributed by atoms with Crippen LogP contribution in [0.25, 0.3) is 0 Å². The Morgan fingerprint density at radius 3 is 2.26 bits per heavy atom. The fourth-order valence-electron chi connectivity index (χ4n) is 2.67. The summed E-state index contributed by atoms with van der Waals surface area (Å²) in [6.45, 7) is 4.23. The van der Waals surface area contributed by atoms with Crippen LogP contribution in [0.2, 0.25) is 5.02 Å². The highest BCUT2D eigenvalue weighted by Gasteiger charge is 2.25. The van der Waals surface area contributed by atoms with E-state index in [0.29, 0.717) is 24.4 Å². The zero-order valence-corrected chi connectivity index (χ0v) is 16.3. The summed E-state index contributed by atoms with van der Waals surface area (Å²) >= 11 is 5.86. The molecule has 2 rings (SSSR count). The Morgan fingerprint density at radius 2 is 1.67 bits per heavy atom. The molecule has 0 aliphatic rings. The summed E-state index contributed by atoms with van der Waals surface area (Å²) in [6, 6.07) is 12.5. The zero-order valence-electron chi connectivity index (χ0n) is 15.5. The van der Waals surface area contributed by atoms with E-state index >= 15 is 0 Å². The molecule has 2 aromatic carbocycles. The van der Waals surface area contributed by atoms with E-state index in [0.717, 1.165) is 11.1 Å². The van der Waals surface area contributed by atoms with Crippen molar-refractivity contribution in [3.8, 4) is 0 Å². The summed E-state index contributed by atoms with van der Waals surface area (Å²) in [7, 11) is 0. The van der Waals surface area contributed by atoms with Gasteiger partial charge < -0.3 is 10.2 Å². The first-order valence-electron chi connectivity index (χ1n) is 8.96. The fraction of sp³-hybridized carbons (Fsp3) is 0.333. The molecule has 0 aliphatic heterocycles. The van der Waals surface area contributed by atoms with Gasteiger partial charge in [-0.05, 0) is 48.7 Å². The highest BCUT2D eigenvalue weighted by molar-refractivity contribution is 6.30. The largest absolute Gasteiger partial charge is 0.350 e. The molecule has 0 fully saturated rings. The number of nitrogens with zero attached hydrogens (tertiary/aromatic N) is 1. The summed E-state index contributed by atoms with van der Waals surface area (Å²) in [5.74, 6) is -0.675. The van der Waals surface area contributed by atoms with Gasteiger partial charge in [0.1, 0.15) is 11.9 Å². The van der Waals surface area contributed by atoms with E-state index in [-0.39, 0.29) is 24.2 Å². The van der Waals surface area contributed by atoms with Crippen LogP contribution in [-0.2, 0) is 22.7 Å². The SMILES string of the molecule is CCCC(=O)N(Cc1ccc(F)cc1)C(C)C(=O)NCc1ccc(Cl)cc1. The van der Waals surface area contributed by atoms with Crippen LogP contribution < -0.4 is 5.32 Å². The first-order chi connectivity index (χ1) is 12.9. The van der Waals surface area contributed by atoms with Crippen LogP contribution in [0.15, 0.2) is 48.5 Å². The number of halogens is 2. The number of hydrogen-bond donors (Lipinski definition) is 1. The second-order valence-corrected chi connectivity index (χ2v) is 6.85.